The Balaban J connectivity index is 2.60. The molecule has 1 N–H and O–H groups in total. The highest BCUT2D eigenvalue weighted by molar-refractivity contribution is 5.22. The van der Waals surface area contributed by atoms with Gasteiger partial charge in [0.25, 0.3) is 0 Å². The van der Waals surface area contributed by atoms with Crippen LogP contribution in [0, 0.1) is 12.8 Å². The van der Waals surface area contributed by atoms with E-state index in [0.29, 0.717) is 5.92 Å². The van der Waals surface area contributed by atoms with Crippen LogP contribution in [0.25, 0.3) is 0 Å². The second kappa shape index (κ2) is 5.16. The number of aliphatic hydroxyl groups is 1. The summed E-state index contributed by atoms with van der Waals surface area (Å²) in [4.78, 5) is 0. The summed E-state index contributed by atoms with van der Waals surface area (Å²) in [5.41, 5.74) is 2.62. The Morgan fingerprint density at radius 1 is 1.36 bits per heavy atom. The molecule has 0 aliphatic rings. The number of rotatable bonds is 4. The molecule has 0 spiro atoms. The van der Waals surface area contributed by atoms with Crippen LogP contribution in [-0.4, -0.2) is 11.2 Å². The maximum Gasteiger partial charge on any atom is 0.0566 e. The van der Waals surface area contributed by atoms with Gasteiger partial charge in [-0.2, -0.15) is 0 Å². The molecule has 14 heavy (non-hydrogen) atoms. The summed E-state index contributed by atoms with van der Waals surface area (Å²) in [6.07, 6.45) is 1.64. The smallest absolute Gasteiger partial charge is 0.0566 e. The molecule has 2 unspecified atom stereocenters. The van der Waals surface area contributed by atoms with E-state index in [1.165, 1.54) is 11.1 Å². The van der Waals surface area contributed by atoms with Crippen molar-refractivity contribution in [2.75, 3.05) is 0 Å². The minimum Gasteiger partial charge on any atom is -0.393 e. The van der Waals surface area contributed by atoms with Gasteiger partial charge in [-0.3, -0.25) is 0 Å². The fourth-order valence-electron chi connectivity index (χ4n) is 1.75. The first-order chi connectivity index (χ1) is 6.63. The van der Waals surface area contributed by atoms with Gasteiger partial charge in [0.2, 0.25) is 0 Å². The van der Waals surface area contributed by atoms with Crippen LogP contribution in [0.2, 0.25) is 0 Å². The molecule has 1 heteroatoms. The zero-order chi connectivity index (χ0) is 10.6. The van der Waals surface area contributed by atoms with Gasteiger partial charge < -0.3 is 5.11 Å². The SMILES string of the molecule is CCC(O)C(C)Cc1cccc(C)c1. The predicted molar refractivity (Wildman–Crippen MR) is 60.3 cm³/mol. The van der Waals surface area contributed by atoms with Crippen LogP contribution in [0.5, 0.6) is 0 Å². The molecule has 0 radical (unpaired) electrons. The zero-order valence-corrected chi connectivity index (χ0v) is 9.33. The van der Waals surface area contributed by atoms with Gasteiger partial charge in [0.05, 0.1) is 6.10 Å². The van der Waals surface area contributed by atoms with E-state index in [0.717, 1.165) is 12.8 Å². The topological polar surface area (TPSA) is 20.2 Å². The molecule has 0 heterocycles. The molecule has 2 atom stereocenters. The minimum atomic E-state index is -0.171. The molecule has 78 valence electrons. The fourth-order valence-corrected chi connectivity index (χ4v) is 1.75. The Labute approximate surface area is 86.8 Å². The minimum absolute atomic E-state index is 0.171. The standard InChI is InChI=1S/C13H20O/c1-4-13(14)11(3)9-12-7-5-6-10(2)8-12/h5-8,11,13-14H,4,9H2,1-3H3. The molecular weight excluding hydrogens is 172 g/mol. The van der Waals surface area contributed by atoms with E-state index in [1.54, 1.807) is 0 Å². The number of hydrogen-bond acceptors (Lipinski definition) is 1. The number of hydrogen-bond donors (Lipinski definition) is 1. The third kappa shape index (κ3) is 3.15. The van der Waals surface area contributed by atoms with Crippen molar-refractivity contribution in [1.29, 1.82) is 0 Å². The Bertz CT molecular complexity index is 280. The first-order valence-corrected chi connectivity index (χ1v) is 5.37. The molecule has 0 fully saturated rings. The van der Waals surface area contributed by atoms with Gasteiger partial charge in [0, 0.05) is 0 Å². The highest BCUT2D eigenvalue weighted by atomic mass is 16.3. The Hall–Kier alpha value is -0.820. The summed E-state index contributed by atoms with van der Waals surface area (Å²) in [6, 6.07) is 8.50. The van der Waals surface area contributed by atoms with E-state index < -0.39 is 0 Å². The van der Waals surface area contributed by atoms with E-state index in [1.807, 2.05) is 6.92 Å². The van der Waals surface area contributed by atoms with Gasteiger partial charge in [-0.1, -0.05) is 43.7 Å². The second-order valence-corrected chi connectivity index (χ2v) is 4.15. The van der Waals surface area contributed by atoms with Gasteiger partial charge in [-0.15, -0.1) is 0 Å². The predicted octanol–water partition coefficient (Wildman–Crippen LogP) is 2.94. The molecule has 1 nitrogen and oxygen atoms in total. The van der Waals surface area contributed by atoms with E-state index in [4.69, 9.17) is 0 Å². The molecule has 1 aromatic carbocycles. The van der Waals surface area contributed by atoms with Crippen molar-refractivity contribution in [2.24, 2.45) is 5.92 Å². The van der Waals surface area contributed by atoms with Gasteiger partial charge in [0.15, 0.2) is 0 Å². The lowest BCUT2D eigenvalue weighted by molar-refractivity contribution is 0.113. The maximum atomic E-state index is 9.66. The molecule has 1 aromatic rings. The van der Waals surface area contributed by atoms with Crippen molar-refractivity contribution in [2.45, 2.75) is 39.7 Å². The van der Waals surface area contributed by atoms with Gasteiger partial charge in [-0.05, 0) is 31.2 Å². The number of aliphatic hydroxyl groups excluding tert-OH is 1. The molecular formula is C13H20O. The summed E-state index contributed by atoms with van der Waals surface area (Å²) in [7, 11) is 0. The van der Waals surface area contributed by atoms with E-state index in [9.17, 15) is 5.11 Å². The first kappa shape index (κ1) is 11.3. The average molecular weight is 192 g/mol. The van der Waals surface area contributed by atoms with Crippen LogP contribution in [0.4, 0.5) is 0 Å². The Kier molecular flexibility index (Phi) is 4.15. The lowest BCUT2D eigenvalue weighted by Gasteiger charge is -2.17. The highest BCUT2D eigenvalue weighted by Crippen LogP contribution is 2.15. The zero-order valence-electron chi connectivity index (χ0n) is 9.33. The third-order valence-corrected chi connectivity index (χ3v) is 2.72. The van der Waals surface area contributed by atoms with E-state index in [2.05, 4.69) is 38.1 Å². The summed E-state index contributed by atoms with van der Waals surface area (Å²) >= 11 is 0. The van der Waals surface area contributed by atoms with E-state index in [-0.39, 0.29) is 6.10 Å². The van der Waals surface area contributed by atoms with E-state index >= 15 is 0 Å². The van der Waals surface area contributed by atoms with Crippen LogP contribution < -0.4 is 0 Å². The van der Waals surface area contributed by atoms with Crippen molar-refractivity contribution in [1.82, 2.24) is 0 Å². The molecule has 1 rings (SSSR count). The largest absolute Gasteiger partial charge is 0.393 e. The van der Waals surface area contributed by atoms with Crippen LogP contribution in [0.3, 0.4) is 0 Å². The van der Waals surface area contributed by atoms with Gasteiger partial charge >= 0.3 is 0 Å². The monoisotopic (exact) mass is 192 g/mol. The normalized spacial score (nSPS) is 15.1. The highest BCUT2D eigenvalue weighted by Gasteiger charge is 2.12. The lowest BCUT2D eigenvalue weighted by atomic mass is 9.94. The average Bonchev–Trinajstić information content (AvgIpc) is 2.16. The van der Waals surface area contributed by atoms with Crippen LogP contribution in [-0.2, 0) is 6.42 Å². The summed E-state index contributed by atoms with van der Waals surface area (Å²) < 4.78 is 0. The second-order valence-electron chi connectivity index (χ2n) is 4.15. The molecule has 0 saturated carbocycles. The molecule has 0 aliphatic carbocycles. The fraction of sp³-hybridized carbons (Fsp3) is 0.538. The molecule has 0 aromatic heterocycles. The van der Waals surface area contributed by atoms with Gasteiger partial charge in [0.1, 0.15) is 0 Å². The molecule has 0 amide bonds. The maximum absolute atomic E-state index is 9.66. The van der Waals surface area contributed by atoms with Crippen LogP contribution in [0.15, 0.2) is 24.3 Å². The molecule has 0 bridgehead atoms. The summed E-state index contributed by atoms with van der Waals surface area (Å²) in [5, 5.41) is 9.66. The Morgan fingerprint density at radius 2 is 2.07 bits per heavy atom. The van der Waals surface area contributed by atoms with Crippen molar-refractivity contribution < 1.29 is 5.11 Å². The summed E-state index contributed by atoms with van der Waals surface area (Å²) in [6.45, 7) is 6.23. The third-order valence-electron chi connectivity index (χ3n) is 2.72. The number of aryl methyl sites for hydroxylation is 1. The molecule has 0 aliphatic heterocycles. The van der Waals surface area contributed by atoms with Crippen molar-refractivity contribution >= 4 is 0 Å². The molecule has 0 saturated heterocycles. The lowest BCUT2D eigenvalue weighted by Crippen LogP contribution is -2.18. The number of benzene rings is 1. The summed E-state index contributed by atoms with van der Waals surface area (Å²) in [5.74, 6) is 0.349. The van der Waals surface area contributed by atoms with Crippen LogP contribution in [0.1, 0.15) is 31.4 Å². The van der Waals surface area contributed by atoms with Gasteiger partial charge in [-0.25, -0.2) is 0 Å². The first-order valence-electron chi connectivity index (χ1n) is 5.37. The Morgan fingerprint density at radius 3 is 2.64 bits per heavy atom. The quantitative estimate of drug-likeness (QED) is 0.777. The van der Waals surface area contributed by atoms with Crippen molar-refractivity contribution in [3.8, 4) is 0 Å². The van der Waals surface area contributed by atoms with Crippen molar-refractivity contribution in [3.05, 3.63) is 35.4 Å². The van der Waals surface area contributed by atoms with Crippen molar-refractivity contribution in [3.63, 3.8) is 0 Å². The van der Waals surface area contributed by atoms with Crippen LogP contribution >= 0.6 is 0 Å².